The fourth-order valence-corrected chi connectivity index (χ4v) is 1.22. The van der Waals surface area contributed by atoms with Gasteiger partial charge in [0.2, 0.25) is 0 Å². The molecule has 14 heavy (non-hydrogen) atoms. The molecule has 2 heteroatoms. The highest BCUT2D eigenvalue weighted by Gasteiger charge is 2.05. The Labute approximate surface area is 84.3 Å². The summed E-state index contributed by atoms with van der Waals surface area (Å²) in [6, 6.07) is 6.15. The molecule has 1 rings (SSSR count). The summed E-state index contributed by atoms with van der Waals surface area (Å²) in [6.45, 7) is 2.94. The molecular formula is C12H14FN. The SMILES string of the molecule is C#CC(NCCC)c1ccc(F)cc1. The molecule has 0 radical (unpaired) electrons. The molecule has 0 amide bonds. The van der Waals surface area contributed by atoms with Crippen LogP contribution in [0.2, 0.25) is 0 Å². The normalized spacial score (nSPS) is 12.1. The molecule has 0 saturated heterocycles. The average molecular weight is 191 g/mol. The van der Waals surface area contributed by atoms with Gasteiger partial charge in [-0.1, -0.05) is 25.0 Å². The highest BCUT2D eigenvalue weighted by molar-refractivity contribution is 5.25. The van der Waals surface area contributed by atoms with Crippen molar-refractivity contribution in [1.82, 2.24) is 5.32 Å². The zero-order chi connectivity index (χ0) is 10.4. The van der Waals surface area contributed by atoms with E-state index in [2.05, 4.69) is 18.2 Å². The number of benzene rings is 1. The summed E-state index contributed by atoms with van der Waals surface area (Å²) in [6.07, 6.45) is 6.40. The summed E-state index contributed by atoms with van der Waals surface area (Å²) in [5.41, 5.74) is 0.933. The average Bonchev–Trinajstić information content (AvgIpc) is 2.21. The molecule has 0 aliphatic carbocycles. The Morgan fingerprint density at radius 1 is 1.43 bits per heavy atom. The van der Waals surface area contributed by atoms with Gasteiger partial charge in [-0.15, -0.1) is 6.42 Å². The molecule has 74 valence electrons. The molecule has 0 saturated carbocycles. The minimum absolute atomic E-state index is 0.115. The number of hydrogen-bond acceptors (Lipinski definition) is 1. The smallest absolute Gasteiger partial charge is 0.123 e. The van der Waals surface area contributed by atoms with Crippen LogP contribution in [0.15, 0.2) is 24.3 Å². The first kappa shape index (κ1) is 10.7. The molecule has 0 aliphatic rings. The maximum Gasteiger partial charge on any atom is 0.123 e. The topological polar surface area (TPSA) is 12.0 Å². The minimum atomic E-state index is -0.236. The third kappa shape index (κ3) is 2.86. The van der Waals surface area contributed by atoms with Gasteiger partial charge in [0.25, 0.3) is 0 Å². The molecule has 0 aliphatic heterocycles. The lowest BCUT2D eigenvalue weighted by Crippen LogP contribution is -2.20. The predicted octanol–water partition coefficient (Wildman–Crippen LogP) is 2.50. The number of terminal acetylenes is 1. The minimum Gasteiger partial charge on any atom is -0.300 e. The predicted molar refractivity (Wildman–Crippen MR) is 56.3 cm³/mol. The Morgan fingerprint density at radius 2 is 2.07 bits per heavy atom. The van der Waals surface area contributed by atoms with Gasteiger partial charge in [-0.3, -0.25) is 0 Å². The second kappa shape index (κ2) is 5.41. The van der Waals surface area contributed by atoms with Crippen LogP contribution in [0.5, 0.6) is 0 Å². The van der Waals surface area contributed by atoms with E-state index in [1.165, 1.54) is 12.1 Å². The maximum atomic E-state index is 12.6. The van der Waals surface area contributed by atoms with Crippen molar-refractivity contribution in [2.75, 3.05) is 6.54 Å². The van der Waals surface area contributed by atoms with Gasteiger partial charge in [-0.05, 0) is 30.7 Å². The molecule has 0 heterocycles. The van der Waals surface area contributed by atoms with Crippen molar-refractivity contribution >= 4 is 0 Å². The first-order valence-corrected chi connectivity index (χ1v) is 4.73. The fraction of sp³-hybridized carbons (Fsp3) is 0.333. The first-order valence-electron chi connectivity index (χ1n) is 4.73. The summed E-state index contributed by atoms with van der Waals surface area (Å²) in [7, 11) is 0. The van der Waals surface area contributed by atoms with Crippen LogP contribution in [0.3, 0.4) is 0 Å². The molecule has 1 atom stereocenters. The lowest BCUT2D eigenvalue weighted by atomic mass is 10.1. The first-order chi connectivity index (χ1) is 6.77. The second-order valence-corrected chi connectivity index (χ2v) is 3.11. The standard InChI is InChI=1S/C12H14FN/c1-3-9-14-12(4-2)10-5-7-11(13)8-6-10/h2,5-8,12,14H,3,9H2,1H3. The Kier molecular flexibility index (Phi) is 4.15. The molecule has 1 nitrogen and oxygen atoms in total. The van der Waals surface area contributed by atoms with E-state index in [9.17, 15) is 4.39 Å². The third-order valence-electron chi connectivity index (χ3n) is 1.97. The Hall–Kier alpha value is -1.33. The van der Waals surface area contributed by atoms with Crippen molar-refractivity contribution in [2.45, 2.75) is 19.4 Å². The van der Waals surface area contributed by atoms with Crippen molar-refractivity contribution in [2.24, 2.45) is 0 Å². The zero-order valence-corrected chi connectivity index (χ0v) is 8.26. The van der Waals surface area contributed by atoms with Crippen LogP contribution in [0.4, 0.5) is 4.39 Å². The van der Waals surface area contributed by atoms with E-state index in [1.807, 2.05) is 0 Å². The van der Waals surface area contributed by atoms with Gasteiger partial charge in [0.1, 0.15) is 5.82 Å². The lowest BCUT2D eigenvalue weighted by molar-refractivity contribution is 0.613. The van der Waals surface area contributed by atoms with Gasteiger partial charge in [0.05, 0.1) is 6.04 Å². The van der Waals surface area contributed by atoms with Crippen molar-refractivity contribution in [3.05, 3.63) is 35.6 Å². The number of nitrogens with one attached hydrogen (secondary N) is 1. The summed E-state index contributed by atoms with van der Waals surface area (Å²) in [5, 5.41) is 3.20. The highest BCUT2D eigenvalue weighted by Crippen LogP contribution is 2.12. The monoisotopic (exact) mass is 191 g/mol. The molecule has 1 N–H and O–H groups in total. The molecular weight excluding hydrogens is 177 g/mol. The largest absolute Gasteiger partial charge is 0.300 e. The summed E-state index contributed by atoms with van der Waals surface area (Å²) in [4.78, 5) is 0. The molecule has 1 aromatic rings. The van der Waals surface area contributed by atoms with E-state index in [-0.39, 0.29) is 11.9 Å². The molecule has 1 aromatic carbocycles. The van der Waals surface area contributed by atoms with Crippen LogP contribution >= 0.6 is 0 Å². The maximum absolute atomic E-state index is 12.6. The number of rotatable bonds is 4. The molecule has 0 aromatic heterocycles. The third-order valence-corrected chi connectivity index (χ3v) is 1.97. The van der Waals surface area contributed by atoms with Crippen LogP contribution in [0, 0.1) is 18.2 Å². The quantitative estimate of drug-likeness (QED) is 0.721. The summed E-state index contributed by atoms with van der Waals surface area (Å²) < 4.78 is 12.6. The second-order valence-electron chi connectivity index (χ2n) is 3.11. The Bertz CT molecular complexity index is 310. The van der Waals surface area contributed by atoms with Crippen LogP contribution in [0.25, 0.3) is 0 Å². The van der Waals surface area contributed by atoms with Gasteiger partial charge >= 0.3 is 0 Å². The van der Waals surface area contributed by atoms with Gasteiger partial charge < -0.3 is 5.32 Å². The van der Waals surface area contributed by atoms with Crippen LogP contribution in [-0.4, -0.2) is 6.54 Å². The molecule has 0 fully saturated rings. The van der Waals surface area contributed by atoms with Gasteiger partial charge in [-0.2, -0.15) is 0 Å². The van der Waals surface area contributed by atoms with Crippen molar-refractivity contribution in [1.29, 1.82) is 0 Å². The van der Waals surface area contributed by atoms with Crippen molar-refractivity contribution < 1.29 is 4.39 Å². The van der Waals surface area contributed by atoms with Crippen molar-refractivity contribution in [3.63, 3.8) is 0 Å². The Morgan fingerprint density at radius 3 is 2.57 bits per heavy atom. The Balaban J connectivity index is 2.70. The van der Waals surface area contributed by atoms with Crippen LogP contribution < -0.4 is 5.32 Å². The van der Waals surface area contributed by atoms with Crippen molar-refractivity contribution in [3.8, 4) is 12.3 Å². The summed E-state index contributed by atoms with van der Waals surface area (Å²) >= 11 is 0. The van der Waals surface area contributed by atoms with Crippen LogP contribution in [-0.2, 0) is 0 Å². The van der Waals surface area contributed by atoms with Gasteiger partial charge in [0.15, 0.2) is 0 Å². The molecule has 0 spiro atoms. The number of hydrogen-bond donors (Lipinski definition) is 1. The molecule has 1 unspecified atom stereocenters. The van der Waals surface area contributed by atoms with E-state index in [0.29, 0.717) is 0 Å². The van der Waals surface area contributed by atoms with Gasteiger partial charge in [-0.25, -0.2) is 4.39 Å². The van der Waals surface area contributed by atoms with E-state index < -0.39 is 0 Å². The fourth-order valence-electron chi connectivity index (χ4n) is 1.22. The van der Waals surface area contributed by atoms with E-state index >= 15 is 0 Å². The van der Waals surface area contributed by atoms with E-state index in [4.69, 9.17) is 6.42 Å². The lowest BCUT2D eigenvalue weighted by Gasteiger charge is -2.12. The van der Waals surface area contributed by atoms with E-state index in [0.717, 1.165) is 18.5 Å². The van der Waals surface area contributed by atoms with Crippen LogP contribution in [0.1, 0.15) is 24.9 Å². The highest BCUT2D eigenvalue weighted by atomic mass is 19.1. The van der Waals surface area contributed by atoms with Gasteiger partial charge in [0, 0.05) is 0 Å². The summed E-state index contributed by atoms with van der Waals surface area (Å²) in [5.74, 6) is 2.40. The number of halogens is 1. The molecule has 0 bridgehead atoms. The van der Waals surface area contributed by atoms with E-state index in [1.54, 1.807) is 12.1 Å². The zero-order valence-electron chi connectivity index (χ0n) is 8.26.